The standard InChI is InChI=1S/C14H22N2O.ClH/c1-11(2)8-9-16-14(17)10-13(15)12-6-4-3-5-7-12;/h3-7,11,13H,8-10,15H2,1-2H3,(H,16,17);1H. The number of hydrogen-bond acceptors (Lipinski definition) is 2. The molecule has 1 unspecified atom stereocenters. The maximum atomic E-state index is 11.6. The Morgan fingerprint density at radius 1 is 1.28 bits per heavy atom. The summed E-state index contributed by atoms with van der Waals surface area (Å²) in [5.74, 6) is 0.639. The predicted molar refractivity (Wildman–Crippen MR) is 77.7 cm³/mol. The number of nitrogens with one attached hydrogen (secondary N) is 1. The lowest BCUT2D eigenvalue weighted by Crippen LogP contribution is -2.28. The molecule has 0 radical (unpaired) electrons. The zero-order chi connectivity index (χ0) is 12.7. The number of benzene rings is 1. The molecular formula is C14H23ClN2O. The minimum Gasteiger partial charge on any atom is -0.356 e. The smallest absolute Gasteiger partial charge is 0.221 e. The van der Waals surface area contributed by atoms with Crippen LogP contribution < -0.4 is 11.1 Å². The Hall–Kier alpha value is -1.06. The summed E-state index contributed by atoms with van der Waals surface area (Å²) in [7, 11) is 0. The summed E-state index contributed by atoms with van der Waals surface area (Å²) in [6.45, 7) is 5.02. The zero-order valence-electron chi connectivity index (χ0n) is 11.1. The number of carbonyl (C=O) groups excluding carboxylic acids is 1. The summed E-state index contributed by atoms with van der Waals surface area (Å²) in [4.78, 5) is 11.6. The van der Waals surface area contributed by atoms with E-state index >= 15 is 0 Å². The summed E-state index contributed by atoms with van der Waals surface area (Å²) in [6, 6.07) is 9.50. The molecule has 3 nitrogen and oxygen atoms in total. The third kappa shape index (κ3) is 6.62. The SMILES string of the molecule is CC(C)CCNC(=O)CC(N)c1ccccc1.Cl. The summed E-state index contributed by atoms with van der Waals surface area (Å²) < 4.78 is 0. The Morgan fingerprint density at radius 3 is 2.44 bits per heavy atom. The van der Waals surface area contributed by atoms with Crippen molar-refractivity contribution < 1.29 is 4.79 Å². The summed E-state index contributed by atoms with van der Waals surface area (Å²) >= 11 is 0. The highest BCUT2D eigenvalue weighted by atomic mass is 35.5. The van der Waals surface area contributed by atoms with Crippen LogP contribution in [0.4, 0.5) is 0 Å². The van der Waals surface area contributed by atoms with Crippen molar-refractivity contribution in [1.82, 2.24) is 5.32 Å². The Labute approximate surface area is 116 Å². The van der Waals surface area contributed by atoms with E-state index in [1.165, 1.54) is 0 Å². The first-order chi connectivity index (χ1) is 8.09. The molecule has 0 bridgehead atoms. The van der Waals surface area contributed by atoms with Crippen LogP contribution in [0.3, 0.4) is 0 Å². The second-order valence-corrected chi connectivity index (χ2v) is 4.75. The van der Waals surface area contributed by atoms with E-state index in [2.05, 4.69) is 19.2 Å². The molecule has 0 saturated heterocycles. The molecule has 0 saturated carbocycles. The van der Waals surface area contributed by atoms with Crippen LogP contribution in [0.25, 0.3) is 0 Å². The van der Waals surface area contributed by atoms with E-state index < -0.39 is 0 Å². The maximum absolute atomic E-state index is 11.6. The van der Waals surface area contributed by atoms with Crippen LogP contribution in [0.1, 0.15) is 38.3 Å². The first-order valence-corrected chi connectivity index (χ1v) is 6.17. The van der Waals surface area contributed by atoms with E-state index in [0.717, 1.165) is 18.5 Å². The van der Waals surface area contributed by atoms with Crippen molar-refractivity contribution in [3.8, 4) is 0 Å². The quantitative estimate of drug-likeness (QED) is 0.835. The summed E-state index contributed by atoms with van der Waals surface area (Å²) in [5, 5.41) is 2.90. The topological polar surface area (TPSA) is 55.1 Å². The number of hydrogen-bond donors (Lipinski definition) is 2. The maximum Gasteiger partial charge on any atom is 0.221 e. The Kier molecular flexibility index (Phi) is 8.42. The van der Waals surface area contributed by atoms with E-state index in [9.17, 15) is 4.79 Å². The van der Waals surface area contributed by atoms with Gasteiger partial charge in [0.2, 0.25) is 5.91 Å². The van der Waals surface area contributed by atoms with Gasteiger partial charge in [0.1, 0.15) is 0 Å². The Balaban J connectivity index is 0.00000289. The number of halogens is 1. The van der Waals surface area contributed by atoms with Gasteiger partial charge in [-0.3, -0.25) is 4.79 Å². The van der Waals surface area contributed by atoms with Gasteiger partial charge in [-0.15, -0.1) is 12.4 Å². The molecule has 1 aromatic rings. The largest absolute Gasteiger partial charge is 0.356 e. The molecule has 0 aliphatic carbocycles. The number of carbonyl (C=O) groups is 1. The average molecular weight is 271 g/mol. The second kappa shape index (κ2) is 8.95. The van der Waals surface area contributed by atoms with Crippen LogP contribution in [-0.4, -0.2) is 12.5 Å². The number of amides is 1. The third-order valence-electron chi connectivity index (χ3n) is 2.68. The Morgan fingerprint density at radius 2 is 1.89 bits per heavy atom. The number of rotatable bonds is 6. The van der Waals surface area contributed by atoms with Crippen LogP contribution in [0.15, 0.2) is 30.3 Å². The minimum atomic E-state index is -0.213. The van der Waals surface area contributed by atoms with E-state index in [1.54, 1.807) is 0 Å². The lowest BCUT2D eigenvalue weighted by Gasteiger charge is -2.12. The molecule has 18 heavy (non-hydrogen) atoms. The van der Waals surface area contributed by atoms with Crippen LogP contribution in [-0.2, 0) is 4.79 Å². The van der Waals surface area contributed by atoms with Crippen LogP contribution in [0, 0.1) is 5.92 Å². The fourth-order valence-corrected chi connectivity index (χ4v) is 1.59. The molecule has 1 aromatic carbocycles. The molecule has 0 spiro atoms. The molecule has 0 aliphatic rings. The van der Waals surface area contributed by atoms with E-state index in [-0.39, 0.29) is 24.4 Å². The van der Waals surface area contributed by atoms with Gasteiger partial charge in [-0.2, -0.15) is 0 Å². The fraction of sp³-hybridized carbons (Fsp3) is 0.500. The van der Waals surface area contributed by atoms with Gasteiger partial charge < -0.3 is 11.1 Å². The average Bonchev–Trinajstić information content (AvgIpc) is 2.29. The molecule has 0 fully saturated rings. The van der Waals surface area contributed by atoms with Crippen molar-refractivity contribution in [1.29, 1.82) is 0 Å². The Bertz CT molecular complexity index is 341. The lowest BCUT2D eigenvalue weighted by atomic mass is 10.0. The highest BCUT2D eigenvalue weighted by Crippen LogP contribution is 2.12. The van der Waals surface area contributed by atoms with Crippen molar-refractivity contribution in [2.75, 3.05) is 6.54 Å². The van der Waals surface area contributed by atoms with E-state index in [1.807, 2.05) is 30.3 Å². The predicted octanol–water partition coefficient (Wildman–Crippen LogP) is 2.66. The third-order valence-corrected chi connectivity index (χ3v) is 2.68. The molecule has 1 atom stereocenters. The molecule has 0 aromatic heterocycles. The molecule has 4 heteroatoms. The van der Waals surface area contributed by atoms with Gasteiger partial charge in [-0.25, -0.2) is 0 Å². The molecule has 3 N–H and O–H groups in total. The molecule has 0 heterocycles. The van der Waals surface area contributed by atoms with E-state index in [0.29, 0.717) is 12.3 Å². The van der Waals surface area contributed by atoms with Crippen molar-refractivity contribution in [3.05, 3.63) is 35.9 Å². The van der Waals surface area contributed by atoms with Crippen molar-refractivity contribution >= 4 is 18.3 Å². The van der Waals surface area contributed by atoms with E-state index in [4.69, 9.17) is 5.73 Å². The monoisotopic (exact) mass is 270 g/mol. The van der Waals surface area contributed by atoms with Gasteiger partial charge in [0.15, 0.2) is 0 Å². The highest BCUT2D eigenvalue weighted by molar-refractivity contribution is 5.85. The molecule has 102 valence electrons. The minimum absolute atomic E-state index is 0. The van der Waals surface area contributed by atoms with Gasteiger partial charge >= 0.3 is 0 Å². The highest BCUT2D eigenvalue weighted by Gasteiger charge is 2.10. The first-order valence-electron chi connectivity index (χ1n) is 6.17. The van der Waals surface area contributed by atoms with Crippen molar-refractivity contribution in [2.45, 2.75) is 32.7 Å². The number of nitrogens with two attached hydrogens (primary N) is 1. The molecular weight excluding hydrogens is 248 g/mol. The molecule has 1 rings (SSSR count). The lowest BCUT2D eigenvalue weighted by molar-refractivity contribution is -0.121. The summed E-state index contributed by atoms with van der Waals surface area (Å²) in [5.41, 5.74) is 6.97. The van der Waals surface area contributed by atoms with Gasteiger partial charge in [-0.05, 0) is 17.9 Å². The first kappa shape index (κ1) is 16.9. The van der Waals surface area contributed by atoms with Gasteiger partial charge in [0, 0.05) is 19.0 Å². The molecule has 0 aliphatic heterocycles. The molecule has 1 amide bonds. The second-order valence-electron chi connectivity index (χ2n) is 4.75. The fourth-order valence-electron chi connectivity index (χ4n) is 1.59. The normalized spacial score (nSPS) is 11.8. The van der Waals surface area contributed by atoms with Crippen molar-refractivity contribution in [3.63, 3.8) is 0 Å². The van der Waals surface area contributed by atoms with Crippen molar-refractivity contribution in [2.24, 2.45) is 11.7 Å². The van der Waals surface area contributed by atoms with Crippen LogP contribution in [0.2, 0.25) is 0 Å². The van der Waals surface area contributed by atoms with Crippen LogP contribution in [0.5, 0.6) is 0 Å². The zero-order valence-corrected chi connectivity index (χ0v) is 11.9. The van der Waals surface area contributed by atoms with Crippen LogP contribution >= 0.6 is 12.4 Å². The van der Waals surface area contributed by atoms with Gasteiger partial charge in [-0.1, -0.05) is 44.2 Å². The van der Waals surface area contributed by atoms with Gasteiger partial charge in [0.05, 0.1) is 0 Å². The summed E-state index contributed by atoms with van der Waals surface area (Å²) in [6.07, 6.45) is 1.36. The van der Waals surface area contributed by atoms with Gasteiger partial charge in [0.25, 0.3) is 0 Å².